The van der Waals surface area contributed by atoms with Crippen LogP contribution in [0.5, 0.6) is 0 Å². The first-order chi connectivity index (χ1) is 7.47. The Bertz CT molecular complexity index is 413. The van der Waals surface area contributed by atoms with Crippen molar-refractivity contribution in [2.45, 2.75) is 0 Å². The number of carbonyl (C=O) groups is 1. The molecule has 0 unspecified atom stereocenters. The van der Waals surface area contributed by atoms with Gasteiger partial charge in [0.05, 0.1) is 17.7 Å². The number of nitro groups is 1. The molecule has 1 amide bonds. The molecule has 0 saturated carbocycles. The molecule has 1 heterocycles. The van der Waals surface area contributed by atoms with Gasteiger partial charge in [-0.15, -0.1) is 0 Å². The van der Waals surface area contributed by atoms with Gasteiger partial charge in [0.25, 0.3) is 11.6 Å². The second kappa shape index (κ2) is 4.75. The van der Waals surface area contributed by atoms with Crippen molar-refractivity contribution in [2.24, 2.45) is 7.05 Å². The average molecular weight is 227 g/mol. The van der Waals surface area contributed by atoms with Crippen molar-refractivity contribution in [2.75, 3.05) is 20.2 Å². The Morgan fingerprint density at radius 2 is 2.31 bits per heavy atom. The van der Waals surface area contributed by atoms with E-state index in [1.165, 1.54) is 28.8 Å². The molecule has 0 fully saturated rings. The summed E-state index contributed by atoms with van der Waals surface area (Å²) in [6, 6.07) is 1.22. The Morgan fingerprint density at radius 1 is 1.69 bits per heavy atom. The summed E-state index contributed by atoms with van der Waals surface area (Å²) in [5, 5.41) is 19.2. The van der Waals surface area contributed by atoms with Gasteiger partial charge in [0, 0.05) is 26.7 Å². The van der Waals surface area contributed by atoms with Crippen molar-refractivity contribution in [3.8, 4) is 0 Å². The van der Waals surface area contributed by atoms with Crippen LogP contribution in [0, 0.1) is 10.1 Å². The number of rotatable bonds is 4. The SMILES string of the molecule is CN(CCO)C(=O)c1cc([N+](=O)[O-])cn1C. The highest BCUT2D eigenvalue weighted by Gasteiger charge is 2.19. The molecule has 1 aromatic heterocycles. The van der Waals surface area contributed by atoms with E-state index in [2.05, 4.69) is 0 Å². The molecular weight excluding hydrogens is 214 g/mol. The lowest BCUT2D eigenvalue weighted by Gasteiger charge is -2.15. The van der Waals surface area contributed by atoms with Crippen LogP contribution in [-0.4, -0.2) is 45.6 Å². The number of carbonyl (C=O) groups excluding carboxylic acids is 1. The summed E-state index contributed by atoms with van der Waals surface area (Å²) in [7, 11) is 3.09. The fraction of sp³-hybridized carbons (Fsp3) is 0.444. The maximum atomic E-state index is 11.8. The third kappa shape index (κ3) is 2.37. The first kappa shape index (κ1) is 12.2. The number of aliphatic hydroxyl groups excluding tert-OH is 1. The average Bonchev–Trinajstić information content (AvgIpc) is 2.60. The number of hydrogen-bond acceptors (Lipinski definition) is 4. The van der Waals surface area contributed by atoms with Gasteiger partial charge in [-0.05, 0) is 0 Å². The number of hydrogen-bond donors (Lipinski definition) is 1. The Morgan fingerprint density at radius 3 is 2.75 bits per heavy atom. The predicted octanol–water partition coefficient (Wildman–Crippen LogP) is -0.00240. The van der Waals surface area contributed by atoms with Crippen LogP contribution < -0.4 is 0 Å². The quantitative estimate of drug-likeness (QED) is 0.579. The summed E-state index contributed by atoms with van der Waals surface area (Å²) in [5.74, 6) is -0.357. The van der Waals surface area contributed by atoms with E-state index in [0.717, 1.165) is 0 Å². The smallest absolute Gasteiger partial charge is 0.287 e. The first-order valence-corrected chi connectivity index (χ1v) is 4.64. The maximum absolute atomic E-state index is 11.8. The molecule has 0 aromatic carbocycles. The van der Waals surface area contributed by atoms with Crippen molar-refractivity contribution in [3.05, 3.63) is 28.1 Å². The molecule has 7 heteroatoms. The summed E-state index contributed by atoms with van der Waals surface area (Å²) in [4.78, 5) is 23.0. The van der Waals surface area contributed by atoms with Gasteiger partial charge < -0.3 is 14.6 Å². The topological polar surface area (TPSA) is 88.6 Å². The summed E-state index contributed by atoms with van der Waals surface area (Å²) in [6.07, 6.45) is 1.28. The standard InChI is InChI=1S/C9H13N3O4/c1-10(3-4-13)9(14)8-5-7(12(15)16)6-11(8)2/h5-6,13H,3-4H2,1-2H3. The molecule has 1 N–H and O–H groups in total. The molecule has 0 bridgehead atoms. The largest absolute Gasteiger partial charge is 0.395 e. The molecule has 0 aliphatic rings. The van der Waals surface area contributed by atoms with E-state index >= 15 is 0 Å². The molecule has 0 atom stereocenters. The van der Waals surface area contributed by atoms with Crippen LogP contribution in [0.25, 0.3) is 0 Å². The predicted molar refractivity (Wildman–Crippen MR) is 56.1 cm³/mol. The molecule has 0 aliphatic heterocycles. The number of aliphatic hydroxyl groups is 1. The third-order valence-electron chi connectivity index (χ3n) is 2.20. The Hall–Kier alpha value is -1.89. The fourth-order valence-electron chi connectivity index (χ4n) is 1.31. The highest BCUT2D eigenvalue weighted by Crippen LogP contribution is 2.16. The molecule has 1 rings (SSSR count). The monoisotopic (exact) mass is 227 g/mol. The van der Waals surface area contributed by atoms with Gasteiger partial charge >= 0.3 is 0 Å². The lowest BCUT2D eigenvalue weighted by atomic mass is 10.3. The van der Waals surface area contributed by atoms with Gasteiger partial charge in [-0.3, -0.25) is 14.9 Å². The van der Waals surface area contributed by atoms with Crippen LogP contribution in [-0.2, 0) is 7.05 Å². The summed E-state index contributed by atoms with van der Waals surface area (Å²) >= 11 is 0. The Kier molecular flexibility index (Phi) is 3.62. The fourth-order valence-corrected chi connectivity index (χ4v) is 1.31. The third-order valence-corrected chi connectivity index (χ3v) is 2.20. The van der Waals surface area contributed by atoms with E-state index in [-0.39, 0.29) is 30.4 Å². The summed E-state index contributed by atoms with van der Waals surface area (Å²) in [5.41, 5.74) is 0.103. The lowest BCUT2D eigenvalue weighted by molar-refractivity contribution is -0.384. The molecule has 0 saturated heterocycles. The normalized spacial score (nSPS) is 10.2. The molecule has 1 aromatic rings. The molecule has 16 heavy (non-hydrogen) atoms. The minimum atomic E-state index is -0.553. The zero-order valence-corrected chi connectivity index (χ0v) is 9.08. The van der Waals surface area contributed by atoms with Gasteiger partial charge in [-0.25, -0.2) is 0 Å². The van der Waals surface area contributed by atoms with E-state index in [1.54, 1.807) is 7.05 Å². The number of aromatic nitrogens is 1. The van der Waals surface area contributed by atoms with Crippen molar-refractivity contribution in [3.63, 3.8) is 0 Å². The molecule has 0 radical (unpaired) electrons. The molecule has 88 valence electrons. The van der Waals surface area contributed by atoms with Gasteiger partial charge in [-0.1, -0.05) is 0 Å². The van der Waals surface area contributed by atoms with E-state index in [4.69, 9.17) is 5.11 Å². The number of amides is 1. The van der Waals surface area contributed by atoms with Crippen molar-refractivity contribution >= 4 is 11.6 Å². The van der Waals surface area contributed by atoms with Crippen LogP contribution in [0.3, 0.4) is 0 Å². The van der Waals surface area contributed by atoms with Gasteiger partial charge in [-0.2, -0.15) is 0 Å². The van der Waals surface area contributed by atoms with Crippen molar-refractivity contribution in [1.29, 1.82) is 0 Å². The van der Waals surface area contributed by atoms with E-state index in [9.17, 15) is 14.9 Å². The zero-order chi connectivity index (χ0) is 12.3. The highest BCUT2D eigenvalue weighted by atomic mass is 16.6. The molecule has 0 spiro atoms. The van der Waals surface area contributed by atoms with Crippen LogP contribution in [0.2, 0.25) is 0 Å². The number of aryl methyl sites for hydroxylation is 1. The van der Waals surface area contributed by atoms with E-state index < -0.39 is 4.92 Å². The van der Waals surface area contributed by atoms with Gasteiger partial charge in [0.15, 0.2) is 0 Å². The lowest BCUT2D eigenvalue weighted by Crippen LogP contribution is -2.30. The number of likely N-dealkylation sites (N-methyl/N-ethyl adjacent to an activating group) is 1. The molecule has 7 nitrogen and oxygen atoms in total. The minimum absolute atomic E-state index is 0.122. The summed E-state index contributed by atoms with van der Waals surface area (Å²) < 4.78 is 1.40. The number of nitrogens with zero attached hydrogens (tertiary/aromatic N) is 3. The first-order valence-electron chi connectivity index (χ1n) is 4.64. The van der Waals surface area contributed by atoms with Crippen molar-refractivity contribution in [1.82, 2.24) is 9.47 Å². The Balaban J connectivity index is 2.95. The van der Waals surface area contributed by atoms with Crippen LogP contribution >= 0.6 is 0 Å². The minimum Gasteiger partial charge on any atom is -0.395 e. The van der Waals surface area contributed by atoms with Gasteiger partial charge in [0.1, 0.15) is 5.69 Å². The maximum Gasteiger partial charge on any atom is 0.287 e. The van der Waals surface area contributed by atoms with Crippen molar-refractivity contribution < 1.29 is 14.8 Å². The Labute approximate surface area is 92.0 Å². The second-order valence-electron chi connectivity index (χ2n) is 3.40. The van der Waals surface area contributed by atoms with E-state index in [1.807, 2.05) is 0 Å². The highest BCUT2D eigenvalue weighted by molar-refractivity contribution is 5.93. The molecular formula is C9H13N3O4. The van der Waals surface area contributed by atoms with Crippen LogP contribution in [0.15, 0.2) is 12.3 Å². The second-order valence-corrected chi connectivity index (χ2v) is 3.40. The molecule has 0 aliphatic carbocycles. The van der Waals surface area contributed by atoms with Gasteiger partial charge in [0.2, 0.25) is 0 Å². The van der Waals surface area contributed by atoms with Crippen LogP contribution in [0.1, 0.15) is 10.5 Å². The van der Waals surface area contributed by atoms with E-state index in [0.29, 0.717) is 0 Å². The summed E-state index contributed by atoms with van der Waals surface area (Å²) in [6.45, 7) is 0.0482. The zero-order valence-electron chi connectivity index (χ0n) is 9.08. The van der Waals surface area contributed by atoms with Crippen LogP contribution in [0.4, 0.5) is 5.69 Å².